The van der Waals surface area contributed by atoms with Gasteiger partial charge in [0.1, 0.15) is 5.58 Å². The molecule has 0 spiro atoms. The molecular formula is C17H15Cl2NO. The third-order valence-corrected chi connectivity index (χ3v) is 4.16. The molecule has 0 aliphatic rings. The first-order valence-corrected chi connectivity index (χ1v) is 7.55. The van der Waals surface area contributed by atoms with Crippen molar-refractivity contribution in [2.45, 2.75) is 19.5 Å². The van der Waals surface area contributed by atoms with Gasteiger partial charge in [0.25, 0.3) is 0 Å². The monoisotopic (exact) mass is 319 g/mol. The SMILES string of the molecule is C[C@@H](NCc1c(Cl)oc2ccccc12)c1ccc(Cl)cc1. The summed E-state index contributed by atoms with van der Waals surface area (Å²) in [5.74, 6) is 0. The molecule has 0 aliphatic carbocycles. The predicted molar refractivity (Wildman–Crippen MR) is 87.9 cm³/mol. The third-order valence-electron chi connectivity index (χ3n) is 3.60. The van der Waals surface area contributed by atoms with Crippen LogP contribution in [0.4, 0.5) is 0 Å². The second-order valence-electron chi connectivity index (χ2n) is 5.00. The highest BCUT2D eigenvalue weighted by molar-refractivity contribution is 6.31. The summed E-state index contributed by atoms with van der Waals surface area (Å²) in [5.41, 5.74) is 3.00. The Hall–Kier alpha value is -1.48. The van der Waals surface area contributed by atoms with Crippen LogP contribution in [0.1, 0.15) is 24.1 Å². The maximum atomic E-state index is 6.19. The molecule has 0 fully saturated rings. The Morgan fingerprint density at radius 1 is 1.05 bits per heavy atom. The molecule has 108 valence electrons. The Kier molecular flexibility index (Phi) is 4.20. The van der Waals surface area contributed by atoms with Crippen molar-refractivity contribution in [2.75, 3.05) is 0 Å². The van der Waals surface area contributed by atoms with Crippen LogP contribution >= 0.6 is 23.2 Å². The van der Waals surface area contributed by atoms with Gasteiger partial charge in [0.05, 0.1) is 0 Å². The first-order chi connectivity index (χ1) is 10.1. The van der Waals surface area contributed by atoms with Crippen molar-refractivity contribution in [3.63, 3.8) is 0 Å². The molecule has 1 heterocycles. The summed E-state index contributed by atoms with van der Waals surface area (Å²) in [7, 11) is 0. The minimum absolute atomic E-state index is 0.201. The summed E-state index contributed by atoms with van der Waals surface area (Å²) in [6.45, 7) is 2.76. The van der Waals surface area contributed by atoms with Gasteiger partial charge in [-0.2, -0.15) is 0 Å². The smallest absolute Gasteiger partial charge is 0.199 e. The molecule has 21 heavy (non-hydrogen) atoms. The average molecular weight is 320 g/mol. The maximum absolute atomic E-state index is 6.19. The molecule has 0 radical (unpaired) electrons. The zero-order valence-electron chi connectivity index (χ0n) is 11.6. The molecule has 2 aromatic carbocycles. The molecule has 0 saturated heterocycles. The Bertz CT molecular complexity index is 749. The number of hydrogen-bond donors (Lipinski definition) is 1. The van der Waals surface area contributed by atoms with Crippen LogP contribution in [-0.4, -0.2) is 0 Å². The van der Waals surface area contributed by atoms with E-state index in [1.54, 1.807) is 0 Å². The number of halogens is 2. The molecule has 0 bridgehead atoms. The van der Waals surface area contributed by atoms with Crippen molar-refractivity contribution in [1.29, 1.82) is 0 Å². The fourth-order valence-electron chi connectivity index (χ4n) is 2.36. The highest BCUT2D eigenvalue weighted by Crippen LogP contribution is 2.30. The van der Waals surface area contributed by atoms with E-state index >= 15 is 0 Å². The zero-order valence-corrected chi connectivity index (χ0v) is 13.1. The molecule has 0 aliphatic heterocycles. The summed E-state index contributed by atoms with van der Waals surface area (Å²) in [6.07, 6.45) is 0. The van der Waals surface area contributed by atoms with E-state index in [1.807, 2.05) is 48.5 Å². The number of rotatable bonds is 4. The Balaban J connectivity index is 1.77. The molecule has 1 N–H and O–H groups in total. The highest BCUT2D eigenvalue weighted by atomic mass is 35.5. The van der Waals surface area contributed by atoms with E-state index in [-0.39, 0.29) is 6.04 Å². The van der Waals surface area contributed by atoms with Gasteiger partial charge in [0.15, 0.2) is 5.22 Å². The van der Waals surface area contributed by atoms with E-state index in [0.717, 1.165) is 21.6 Å². The molecule has 1 atom stereocenters. The van der Waals surface area contributed by atoms with Gasteiger partial charge in [-0.3, -0.25) is 0 Å². The molecule has 0 saturated carbocycles. The Labute approximate surface area is 133 Å². The zero-order chi connectivity index (χ0) is 14.8. The minimum atomic E-state index is 0.201. The van der Waals surface area contributed by atoms with E-state index < -0.39 is 0 Å². The number of furan rings is 1. The third kappa shape index (κ3) is 3.08. The molecule has 4 heteroatoms. The summed E-state index contributed by atoms with van der Waals surface area (Å²) in [6, 6.07) is 15.9. The Morgan fingerprint density at radius 2 is 1.76 bits per heavy atom. The lowest BCUT2D eigenvalue weighted by Gasteiger charge is -2.14. The normalized spacial score (nSPS) is 12.7. The quantitative estimate of drug-likeness (QED) is 0.678. The second kappa shape index (κ2) is 6.10. The lowest BCUT2D eigenvalue weighted by atomic mass is 10.1. The highest BCUT2D eigenvalue weighted by Gasteiger charge is 2.13. The van der Waals surface area contributed by atoms with Crippen molar-refractivity contribution in [3.8, 4) is 0 Å². The Morgan fingerprint density at radius 3 is 2.52 bits per heavy atom. The second-order valence-corrected chi connectivity index (χ2v) is 5.78. The van der Waals surface area contributed by atoms with Crippen LogP contribution in [0.25, 0.3) is 11.0 Å². The van der Waals surface area contributed by atoms with Crippen molar-refractivity contribution in [1.82, 2.24) is 5.32 Å². The standard InChI is InChI=1S/C17H15Cl2NO/c1-11(12-6-8-13(18)9-7-12)20-10-15-14-4-2-3-5-16(14)21-17(15)19/h2-9,11,20H,10H2,1H3/t11-/m1/s1. The summed E-state index contributed by atoms with van der Waals surface area (Å²) < 4.78 is 5.56. The first kappa shape index (κ1) is 14.5. The van der Waals surface area contributed by atoms with E-state index in [0.29, 0.717) is 11.8 Å². The van der Waals surface area contributed by atoms with E-state index in [2.05, 4.69) is 12.2 Å². The summed E-state index contributed by atoms with van der Waals surface area (Å²) in [4.78, 5) is 0. The summed E-state index contributed by atoms with van der Waals surface area (Å²) in [5, 5.41) is 5.72. The number of hydrogen-bond acceptors (Lipinski definition) is 2. The lowest BCUT2D eigenvalue weighted by Crippen LogP contribution is -2.18. The predicted octanol–water partition coefficient (Wildman–Crippen LogP) is 5.59. The topological polar surface area (TPSA) is 25.2 Å². The fraction of sp³-hybridized carbons (Fsp3) is 0.176. The number of benzene rings is 2. The van der Waals surface area contributed by atoms with E-state index in [1.165, 1.54) is 5.56 Å². The molecule has 2 nitrogen and oxygen atoms in total. The van der Waals surface area contributed by atoms with E-state index in [4.69, 9.17) is 27.6 Å². The van der Waals surface area contributed by atoms with Gasteiger partial charge in [-0.1, -0.05) is 41.9 Å². The number of fused-ring (bicyclic) bond motifs is 1. The first-order valence-electron chi connectivity index (χ1n) is 6.80. The molecule has 0 unspecified atom stereocenters. The average Bonchev–Trinajstić information content (AvgIpc) is 2.81. The molecular weight excluding hydrogens is 305 g/mol. The largest absolute Gasteiger partial charge is 0.444 e. The maximum Gasteiger partial charge on any atom is 0.199 e. The van der Waals surface area contributed by atoms with Crippen molar-refractivity contribution >= 4 is 34.2 Å². The lowest BCUT2D eigenvalue weighted by molar-refractivity contribution is 0.563. The van der Waals surface area contributed by atoms with Gasteiger partial charge in [-0.05, 0) is 42.3 Å². The molecule has 3 rings (SSSR count). The van der Waals surface area contributed by atoms with E-state index in [9.17, 15) is 0 Å². The van der Waals surface area contributed by atoms with Crippen molar-refractivity contribution < 1.29 is 4.42 Å². The van der Waals surface area contributed by atoms with Crippen molar-refractivity contribution in [3.05, 3.63) is 69.9 Å². The van der Waals surface area contributed by atoms with Gasteiger partial charge >= 0.3 is 0 Å². The van der Waals surface area contributed by atoms with Crippen LogP contribution in [0.2, 0.25) is 10.2 Å². The fourth-order valence-corrected chi connectivity index (χ4v) is 2.74. The van der Waals surface area contributed by atoms with Gasteiger partial charge < -0.3 is 9.73 Å². The van der Waals surface area contributed by atoms with Crippen molar-refractivity contribution in [2.24, 2.45) is 0 Å². The summed E-state index contributed by atoms with van der Waals surface area (Å²) >= 11 is 12.1. The minimum Gasteiger partial charge on any atom is -0.444 e. The molecule has 3 aromatic rings. The molecule has 0 amide bonds. The van der Waals surface area contributed by atoms with Crippen LogP contribution in [0.15, 0.2) is 52.9 Å². The number of nitrogens with one attached hydrogen (secondary N) is 1. The van der Waals surface area contributed by atoms with Gasteiger partial charge in [-0.15, -0.1) is 0 Å². The number of para-hydroxylation sites is 1. The van der Waals surface area contributed by atoms with Crippen LogP contribution in [0, 0.1) is 0 Å². The van der Waals surface area contributed by atoms with Gasteiger partial charge in [0.2, 0.25) is 0 Å². The van der Waals surface area contributed by atoms with Crippen LogP contribution in [-0.2, 0) is 6.54 Å². The van der Waals surface area contributed by atoms with Gasteiger partial charge in [0, 0.05) is 28.6 Å². The van der Waals surface area contributed by atoms with Gasteiger partial charge in [-0.25, -0.2) is 0 Å². The van der Waals surface area contributed by atoms with Crippen LogP contribution < -0.4 is 5.32 Å². The van der Waals surface area contributed by atoms with Crippen LogP contribution in [0.3, 0.4) is 0 Å². The molecule has 1 aromatic heterocycles. The van der Waals surface area contributed by atoms with Crippen LogP contribution in [0.5, 0.6) is 0 Å².